The average molecular weight is 290 g/mol. The Morgan fingerprint density at radius 3 is 2.81 bits per heavy atom. The predicted octanol–water partition coefficient (Wildman–Crippen LogP) is 2.57. The molecule has 2 rings (SSSR count). The molecular weight excluding hydrogens is 268 g/mol. The maximum Gasteiger partial charge on any atom is 0.317 e. The average Bonchev–Trinajstić information content (AvgIpc) is 2.46. The topological polar surface area (TPSA) is 69.6 Å². The third-order valence-electron chi connectivity index (χ3n) is 3.87. The zero-order valence-corrected chi connectivity index (χ0v) is 12.5. The Morgan fingerprint density at radius 2 is 2.14 bits per heavy atom. The molecule has 21 heavy (non-hydrogen) atoms. The number of amides is 2. The van der Waals surface area contributed by atoms with Crippen molar-refractivity contribution in [2.45, 2.75) is 45.2 Å². The number of carbonyl (C=O) groups excluding carboxylic acids is 1. The first-order valence-corrected chi connectivity index (χ1v) is 7.39. The van der Waals surface area contributed by atoms with E-state index in [4.69, 9.17) is 0 Å². The molecule has 2 amide bonds. The van der Waals surface area contributed by atoms with Gasteiger partial charge in [0.05, 0.1) is 5.92 Å². The van der Waals surface area contributed by atoms with E-state index in [9.17, 15) is 14.7 Å². The molecule has 0 aromatic heterocycles. The molecule has 1 aromatic carbocycles. The Bertz CT molecular complexity index is 530. The van der Waals surface area contributed by atoms with Crippen LogP contribution in [0.2, 0.25) is 0 Å². The Labute approximate surface area is 125 Å². The van der Waals surface area contributed by atoms with Gasteiger partial charge in [0.15, 0.2) is 0 Å². The smallest absolute Gasteiger partial charge is 0.317 e. The van der Waals surface area contributed by atoms with Gasteiger partial charge in [0.1, 0.15) is 0 Å². The van der Waals surface area contributed by atoms with E-state index in [2.05, 4.69) is 12.2 Å². The van der Waals surface area contributed by atoms with Crippen molar-refractivity contribution in [3.05, 3.63) is 35.4 Å². The van der Waals surface area contributed by atoms with E-state index < -0.39 is 11.9 Å². The van der Waals surface area contributed by atoms with Crippen molar-refractivity contribution < 1.29 is 14.7 Å². The van der Waals surface area contributed by atoms with Crippen LogP contribution >= 0.6 is 0 Å². The molecule has 2 N–H and O–H groups in total. The van der Waals surface area contributed by atoms with E-state index >= 15 is 0 Å². The van der Waals surface area contributed by atoms with Gasteiger partial charge in [0.2, 0.25) is 0 Å². The number of urea groups is 1. The van der Waals surface area contributed by atoms with E-state index in [0.717, 1.165) is 24.0 Å². The summed E-state index contributed by atoms with van der Waals surface area (Å²) in [6.07, 6.45) is 1.92. The molecule has 2 atom stereocenters. The molecule has 1 aromatic rings. The maximum atomic E-state index is 12.3. The lowest BCUT2D eigenvalue weighted by atomic mass is 9.90. The fourth-order valence-electron chi connectivity index (χ4n) is 2.78. The summed E-state index contributed by atoms with van der Waals surface area (Å²) in [5, 5.41) is 12.3. The summed E-state index contributed by atoms with van der Waals surface area (Å²) in [5.74, 6) is -1.54. The Hall–Kier alpha value is -2.04. The Balaban J connectivity index is 2.14. The molecule has 0 radical (unpaired) electrons. The molecule has 5 nitrogen and oxygen atoms in total. The highest BCUT2D eigenvalue weighted by Crippen LogP contribution is 2.28. The molecule has 0 spiro atoms. The zero-order chi connectivity index (χ0) is 15.4. The van der Waals surface area contributed by atoms with Crippen molar-refractivity contribution in [2.75, 3.05) is 6.54 Å². The molecule has 1 aliphatic rings. The number of carboxylic acid groups (broad SMARTS) is 1. The molecule has 114 valence electrons. The minimum absolute atomic E-state index is 0.1000. The van der Waals surface area contributed by atoms with Gasteiger partial charge < -0.3 is 15.3 Å². The first-order chi connectivity index (χ1) is 10.0. The second-order valence-corrected chi connectivity index (χ2v) is 5.61. The van der Waals surface area contributed by atoms with Crippen LogP contribution < -0.4 is 5.32 Å². The van der Waals surface area contributed by atoms with Gasteiger partial charge >= 0.3 is 12.0 Å². The van der Waals surface area contributed by atoms with E-state index in [0.29, 0.717) is 6.54 Å². The highest BCUT2D eigenvalue weighted by Gasteiger charge is 2.32. The number of hydrogen-bond donors (Lipinski definition) is 2. The summed E-state index contributed by atoms with van der Waals surface area (Å²) in [7, 11) is 0. The number of rotatable bonds is 4. The first-order valence-electron chi connectivity index (χ1n) is 7.39. The third-order valence-corrected chi connectivity index (χ3v) is 3.87. The monoisotopic (exact) mass is 290 g/mol. The second kappa shape index (κ2) is 6.61. The molecule has 0 aliphatic carbocycles. The molecule has 1 aliphatic heterocycles. The summed E-state index contributed by atoms with van der Waals surface area (Å²) in [5.41, 5.74) is 1.73. The summed E-state index contributed by atoms with van der Waals surface area (Å²) in [6.45, 7) is 4.72. The van der Waals surface area contributed by atoms with E-state index in [-0.39, 0.29) is 18.6 Å². The largest absolute Gasteiger partial charge is 0.481 e. The van der Waals surface area contributed by atoms with Crippen LogP contribution in [0.5, 0.6) is 0 Å². The van der Waals surface area contributed by atoms with Crippen molar-refractivity contribution >= 4 is 12.0 Å². The van der Waals surface area contributed by atoms with Gasteiger partial charge in [-0.1, -0.05) is 37.6 Å². The van der Waals surface area contributed by atoms with Gasteiger partial charge in [0, 0.05) is 19.1 Å². The van der Waals surface area contributed by atoms with Crippen LogP contribution in [0.25, 0.3) is 0 Å². The van der Waals surface area contributed by atoms with Crippen molar-refractivity contribution in [3.8, 4) is 0 Å². The van der Waals surface area contributed by atoms with Crippen LogP contribution in [-0.2, 0) is 11.3 Å². The number of nitrogens with zero attached hydrogens (tertiary/aromatic N) is 1. The summed E-state index contributed by atoms with van der Waals surface area (Å²) < 4.78 is 0. The minimum Gasteiger partial charge on any atom is -0.481 e. The van der Waals surface area contributed by atoms with Crippen LogP contribution in [0, 0.1) is 0 Å². The quantitative estimate of drug-likeness (QED) is 0.895. The van der Waals surface area contributed by atoms with Crippen molar-refractivity contribution in [2.24, 2.45) is 0 Å². The van der Waals surface area contributed by atoms with E-state index in [1.165, 1.54) is 0 Å². The van der Waals surface area contributed by atoms with E-state index in [1.807, 2.05) is 31.2 Å². The van der Waals surface area contributed by atoms with E-state index in [1.54, 1.807) is 4.90 Å². The highest BCUT2D eigenvalue weighted by atomic mass is 16.4. The summed E-state index contributed by atoms with van der Waals surface area (Å²) in [4.78, 5) is 25.3. The summed E-state index contributed by atoms with van der Waals surface area (Å²) >= 11 is 0. The number of benzene rings is 1. The van der Waals surface area contributed by atoms with Gasteiger partial charge in [-0.25, -0.2) is 4.79 Å². The third kappa shape index (κ3) is 3.54. The second-order valence-electron chi connectivity index (χ2n) is 5.61. The van der Waals surface area contributed by atoms with Crippen LogP contribution in [0.1, 0.15) is 43.7 Å². The van der Waals surface area contributed by atoms with Gasteiger partial charge in [-0.15, -0.1) is 0 Å². The fraction of sp³-hybridized carbons (Fsp3) is 0.500. The number of aliphatic carboxylic acids is 1. The van der Waals surface area contributed by atoms with Crippen molar-refractivity contribution in [3.63, 3.8) is 0 Å². The standard InChI is InChI=1S/C16H22N2O3/c1-3-6-11(2)17-16(21)18-9-12-7-4-5-8-13(12)14(10-18)15(19)20/h4-5,7-8,11,14H,3,6,9-10H2,1-2H3,(H,17,21)(H,19,20). The number of fused-ring (bicyclic) bond motifs is 1. The molecule has 0 bridgehead atoms. The maximum absolute atomic E-state index is 12.3. The van der Waals surface area contributed by atoms with Gasteiger partial charge in [-0.05, 0) is 24.5 Å². The number of carbonyl (C=O) groups is 2. The van der Waals surface area contributed by atoms with Crippen LogP contribution in [0.3, 0.4) is 0 Å². The normalized spacial score (nSPS) is 18.8. The van der Waals surface area contributed by atoms with Crippen LogP contribution in [0.15, 0.2) is 24.3 Å². The lowest BCUT2D eigenvalue weighted by Crippen LogP contribution is -2.47. The zero-order valence-electron chi connectivity index (χ0n) is 12.5. The molecule has 0 saturated heterocycles. The van der Waals surface area contributed by atoms with Crippen molar-refractivity contribution in [1.29, 1.82) is 0 Å². The molecule has 5 heteroatoms. The lowest BCUT2D eigenvalue weighted by Gasteiger charge is -2.33. The molecular formula is C16H22N2O3. The Morgan fingerprint density at radius 1 is 1.43 bits per heavy atom. The fourth-order valence-corrected chi connectivity index (χ4v) is 2.78. The number of carboxylic acids is 1. The summed E-state index contributed by atoms with van der Waals surface area (Å²) in [6, 6.07) is 7.36. The number of hydrogen-bond acceptors (Lipinski definition) is 2. The van der Waals surface area contributed by atoms with Gasteiger partial charge in [-0.2, -0.15) is 0 Å². The molecule has 0 saturated carbocycles. The van der Waals surface area contributed by atoms with Crippen LogP contribution in [0.4, 0.5) is 4.79 Å². The van der Waals surface area contributed by atoms with Crippen molar-refractivity contribution in [1.82, 2.24) is 10.2 Å². The van der Waals surface area contributed by atoms with Crippen LogP contribution in [-0.4, -0.2) is 34.6 Å². The lowest BCUT2D eigenvalue weighted by molar-refractivity contribution is -0.139. The predicted molar refractivity (Wildman–Crippen MR) is 80.1 cm³/mol. The highest BCUT2D eigenvalue weighted by molar-refractivity contribution is 5.81. The SMILES string of the molecule is CCCC(C)NC(=O)N1Cc2ccccc2C(C(=O)O)C1. The first kappa shape index (κ1) is 15.4. The Kier molecular flexibility index (Phi) is 4.83. The minimum atomic E-state index is -0.887. The number of nitrogens with one attached hydrogen (secondary N) is 1. The molecule has 0 fully saturated rings. The van der Waals surface area contributed by atoms with Gasteiger partial charge in [-0.3, -0.25) is 4.79 Å². The molecule has 1 heterocycles. The van der Waals surface area contributed by atoms with Gasteiger partial charge in [0.25, 0.3) is 0 Å². The molecule has 2 unspecified atom stereocenters.